The van der Waals surface area contributed by atoms with Crippen LogP contribution >= 0.6 is 11.8 Å². The van der Waals surface area contributed by atoms with Crippen molar-refractivity contribution in [2.45, 2.75) is 23.8 Å². The molecule has 24 heavy (non-hydrogen) atoms. The summed E-state index contributed by atoms with van der Waals surface area (Å²) in [5.74, 6) is 0.675. The van der Waals surface area contributed by atoms with Crippen LogP contribution in [-0.4, -0.2) is 28.9 Å². The van der Waals surface area contributed by atoms with Crippen molar-refractivity contribution < 1.29 is 9.53 Å². The number of thioether (sulfide) groups is 1. The maximum Gasteiger partial charge on any atom is 0.256 e. The van der Waals surface area contributed by atoms with E-state index in [9.17, 15) is 9.59 Å². The number of ether oxygens (including phenoxy) is 1. The molecule has 0 spiro atoms. The second-order valence-electron chi connectivity index (χ2n) is 5.76. The highest BCUT2D eigenvalue weighted by molar-refractivity contribution is 7.99. The highest BCUT2D eigenvalue weighted by atomic mass is 32.2. The van der Waals surface area contributed by atoms with E-state index >= 15 is 0 Å². The molecule has 1 aliphatic heterocycles. The number of rotatable bonds is 5. The Kier molecular flexibility index (Phi) is 5.37. The van der Waals surface area contributed by atoms with Crippen molar-refractivity contribution in [3.8, 4) is 0 Å². The Morgan fingerprint density at radius 3 is 2.92 bits per heavy atom. The van der Waals surface area contributed by atoms with Crippen LogP contribution in [0, 0.1) is 0 Å². The summed E-state index contributed by atoms with van der Waals surface area (Å²) in [4.78, 5) is 25.0. The van der Waals surface area contributed by atoms with Crippen LogP contribution in [0.1, 0.15) is 23.2 Å². The minimum atomic E-state index is -0.177. The molecule has 1 aromatic heterocycles. The van der Waals surface area contributed by atoms with Gasteiger partial charge in [0.1, 0.15) is 0 Å². The van der Waals surface area contributed by atoms with Crippen molar-refractivity contribution in [1.29, 1.82) is 0 Å². The van der Waals surface area contributed by atoms with Gasteiger partial charge in [-0.05, 0) is 31.0 Å². The van der Waals surface area contributed by atoms with Gasteiger partial charge in [0, 0.05) is 36.6 Å². The zero-order valence-electron chi connectivity index (χ0n) is 13.5. The monoisotopic (exact) mass is 344 g/mol. The van der Waals surface area contributed by atoms with Gasteiger partial charge in [0.2, 0.25) is 5.56 Å². The Morgan fingerprint density at radius 2 is 2.17 bits per heavy atom. The van der Waals surface area contributed by atoms with Gasteiger partial charge in [-0.2, -0.15) is 0 Å². The van der Waals surface area contributed by atoms with Crippen LogP contribution in [0.15, 0.2) is 52.3 Å². The highest BCUT2D eigenvalue weighted by Crippen LogP contribution is 2.27. The molecule has 1 saturated heterocycles. The Bertz CT molecular complexity index is 782. The summed E-state index contributed by atoms with van der Waals surface area (Å²) >= 11 is 1.65. The molecule has 6 heteroatoms. The molecular weight excluding hydrogens is 324 g/mol. The molecule has 1 unspecified atom stereocenters. The average Bonchev–Trinajstić information content (AvgIpc) is 3.10. The molecule has 1 atom stereocenters. The summed E-state index contributed by atoms with van der Waals surface area (Å²) in [6.45, 7) is 0.833. The lowest BCUT2D eigenvalue weighted by Crippen LogP contribution is -2.18. The predicted molar refractivity (Wildman–Crippen MR) is 95.8 cm³/mol. The van der Waals surface area contributed by atoms with Crippen molar-refractivity contribution >= 4 is 23.4 Å². The SMILES string of the molecule is Cn1cc(NC(=O)c2ccccc2SCC2CCCO2)ccc1=O. The Morgan fingerprint density at radius 1 is 1.33 bits per heavy atom. The van der Waals surface area contributed by atoms with Gasteiger partial charge in [0.15, 0.2) is 0 Å². The van der Waals surface area contributed by atoms with Gasteiger partial charge in [-0.1, -0.05) is 12.1 Å². The molecule has 1 amide bonds. The van der Waals surface area contributed by atoms with E-state index in [2.05, 4.69) is 5.32 Å². The molecule has 3 rings (SSSR count). The molecule has 0 bridgehead atoms. The zero-order chi connectivity index (χ0) is 16.9. The third-order valence-electron chi connectivity index (χ3n) is 3.92. The predicted octanol–water partition coefficient (Wildman–Crippen LogP) is 2.91. The Hall–Kier alpha value is -2.05. The summed E-state index contributed by atoms with van der Waals surface area (Å²) in [7, 11) is 1.66. The lowest BCUT2D eigenvalue weighted by molar-refractivity contribution is 0.102. The van der Waals surface area contributed by atoms with Crippen LogP contribution in [-0.2, 0) is 11.8 Å². The quantitative estimate of drug-likeness (QED) is 0.847. The lowest BCUT2D eigenvalue weighted by atomic mass is 10.2. The summed E-state index contributed by atoms with van der Waals surface area (Å²) in [6, 6.07) is 10.6. The van der Waals surface area contributed by atoms with Crippen molar-refractivity contribution in [2.75, 3.05) is 17.7 Å². The third kappa shape index (κ3) is 4.07. The molecule has 0 aliphatic carbocycles. The minimum absolute atomic E-state index is 0.111. The minimum Gasteiger partial charge on any atom is -0.377 e. The molecule has 5 nitrogen and oxygen atoms in total. The first-order valence-electron chi connectivity index (χ1n) is 7.95. The molecule has 1 fully saturated rings. The number of pyridine rings is 1. The summed E-state index contributed by atoms with van der Waals surface area (Å²) in [5, 5.41) is 2.85. The van der Waals surface area contributed by atoms with Crippen molar-refractivity contribution in [3.05, 3.63) is 58.5 Å². The average molecular weight is 344 g/mol. The number of carbonyl (C=O) groups is 1. The van der Waals surface area contributed by atoms with E-state index in [1.165, 1.54) is 10.6 Å². The van der Waals surface area contributed by atoms with E-state index in [-0.39, 0.29) is 17.6 Å². The van der Waals surface area contributed by atoms with E-state index < -0.39 is 0 Å². The van der Waals surface area contributed by atoms with Gasteiger partial charge in [-0.25, -0.2) is 0 Å². The van der Waals surface area contributed by atoms with Gasteiger partial charge in [-0.15, -0.1) is 11.8 Å². The van der Waals surface area contributed by atoms with Crippen molar-refractivity contribution in [3.63, 3.8) is 0 Å². The highest BCUT2D eigenvalue weighted by Gasteiger charge is 2.18. The number of carbonyl (C=O) groups excluding carboxylic acids is 1. The summed E-state index contributed by atoms with van der Waals surface area (Å²) < 4.78 is 7.08. The van der Waals surface area contributed by atoms with Crippen molar-refractivity contribution in [1.82, 2.24) is 4.57 Å². The maximum atomic E-state index is 12.6. The largest absolute Gasteiger partial charge is 0.377 e. The number of benzene rings is 1. The maximum absolute atomic E-state index is 12.6. The first-order valence-corrected chi connectivity index (χ1v) is 8.93. The number of nitrogens with one attached hydrogen (secondary N) is 1. The van der Waals surface area contributed by atoms with Gasteiger partial charge in [0.25, 0.3) is 5.91 Å². The fraction of sp³-hybridized carbons (Fsp3) is 0.333. The fourth-order valence-corrected chi connectivity index (χ4v) is 3.72. The number of hydrogen-bond acceptors (Lipinski definition) is 4. The normalized spacial score (nSPS) is 17.0. The van der Waals surface area contributed by atoms with Crippen LogP contribution in [0.4, 0.5) is 5.69 Å². The molecule has 1 N–H and O–H groups in total. The number of anilines is 1. The topological polar surface area (TPSA) is 60.3 Å². The van der Waals surface area contributed by atoms with E-state index in [4.69, 9.17) is 4.74 Å². The molecule has 0 saturated carbocycles. The molecular formula is C18H20N2O3S. The second-order valence-corrected chi connectivity index (χ2v) is 6.83. The second kappa shape index (κ2) is 7.68. The first-order chi connectivity index (χ1) is 11.6. The van der Waals surface area contributed by atoms with Crippen LogP contribution in [0.5, 0.6) is 0 Å². The van der Waals surface area contributed by atoms with E-state index in [0.29, 0.717) is 11.3 Å². The molecule has 2 heterocycles. The zero-order valence-corrected chi connectivity index (χ0v) is 14.3. The number of nitrogens with zero attached hydrogens (tertiary/aromatic N) is 1. The molecule has 1 aliphatic rings. The van der Waals surface area contributed by atoms with Crippen LogP contribution in [0.3, 0.4) is 0 Å². The van der Waals surface area contributed by atoms with Gasteiger partial charge < -0.3 is 14.6 Å². The smallest absolute Gasteiger partial charge is 0.256 e. The van der Waals surface area contributed by atoms with Gasteiger partial charge in [0.05, 0.1) is 17.4 Å². The summed E-state index contributed by atoms with van der Waals surface area (Å²) in [5.41, 5.74) is 1.12. The van der Waals surface area contributed by atoms with Gasteiger partial charge >= 0.3 is 0 Å². The Balaban J connectivity index is 1.71. The number of hydrogen-bond donors (Lipinski definition) is 1. The van der Waals surface area contributed by atoms with Crippen LogP contribution in [0.2, 0.25) is 0 Å². The van der Waals surface area contributed by atoms with Crippen LogP contribution in [0.25, 0.3) is 0 Å². The third-order valence-corrected chi connectivity index (χ3v) is 5.13. The molecule has 0 radical (unpaired) electrons. The molecule has 2 aromatic rings. The molecule has 1 aromatic carbocycles. The standard InChI is InChI=1S/C18H20N2O3S/c1-20-11-13(8-9-17(20)21)19-18(22)15-6-2-3-7-16(15)24-12-14-5-4-10-23-14/h2-3,6-9,11,14H,4-5,10,12H2,1H3,(H,19,22). The number of aryl methyl sites for hydroxylation is 1. The Labute approximate surface area is 145 Å². The number of amides is 1. The fourth-order valence-electron chi connectivity index (χ4n) is 2.60. The van der Waals surface area contributed by atoms with E-state index in [0.717, 1.165) is 30.1 Å². The molecule has 126 valence electrons. The number of aromatic nitrogens is 1. The van der Waals surface area contributed by atoms with Crippen LogP contribution < -0.4 is 10.9 Å². The lowest BCUT2D eigenvalue weighted by Gasteiger charge is -2.12. The van der Waals surface area contributed by atoms with Crippen molar-refractivity contribution in [2.24, 2.45) is 7.05 Å². The van der Waals surface area contributed by atoms with E-state index in [1.807, 2.05) is 24.3 Å². The summed E-state index contributed by atoms with van der Waals surface area (Å²) in [6.07, 6.45) is 4.08. The van der Waals surface area contributed by atoms with Gasteiger partial charge in [-0.3, -0.25) is 9.59 Å². The van der Waals surface area contributed by atoms with E-state index in [1.54, 1.807) is 31.1 Å². The first kappa shape index (κ1) is 16.8.